The lowest BCUT2D eigenvalue weighted by Crippen LogP contribution is -2.03. The van der Waals surface area contributed by atoms with E-state index >= 15 is 0 Å². The topological polar surface area (TPSA) is 27.8 Å². The number of thiocarbonyl (C=S) groups is 1. The van der Waals surface area contributed by atoms with Gasteiger partial charge in [0.2, 0.25) is 0 Å². The van der Waals surface area contributed by atoms with E-state index in [1.165, 1.54) is 10.9 Å². The summed E-state index contributed by atoms with van der Waals surface area (Å²) in [5.74, 6) is 0. The second-order valence-corrected chi connectivity index (χ2v) is 7.48. The summed E-state index contributed by atoms with van der Waals surface area (Å²) < 4.78 is 0. The van der Waals surface area contributed by atoms with E-state index in [2.05, 4.69) is 48.4 Å². The maximum absolute atomic E-state index is 6.58. The number of anilines is 2. The number of H-pyrrole nitrogens is 1. The molecule has 4 heteroatoms. The molecule has 134 valence electrons. The van der Waals surface area contributed by atoms with Gasteiger partial charge in [0.1, 0.15) is 0 Å². The van der Waals surface area contributed by atoms with Crippen LogP contribution in [0.1, 0.15) is 22.3 Å². The molecule has 0 radical (unpaired) electrons. The number of benzene rings is 3. The quantitative estimate of drug-likeness (QED) is 0.291. The minimum Gasteiger partial charge on any atom is -0.359 e. The van der Waals surface area contributed by atoms with Gasteiger partial charge in [0.25, 0.3) is 0 Å². The number of hydrogen-bond acceptors (Lipinski definition) is 2. The average Bonchev–Trinajstić information content (AvgIpc) is 3.15. The van der Waals surface area contributed by atoms with E-state index in [0.29, 0.717) is 5.02 Å². The van der Waals surface area contributed by atoms with Crippen LogP contribution in [0.2, 0.25) is 5.02 Å². The zero-order chi connectivity index (χ0) is 19.0. The highest BCUT2D eigenvalue weighted by molar-refractivity contribution is 7.81. The molecule has 0 amide bonds. The molecule has 0 fully saturated rings. The highest BCUT2D eigenvalue weighted by Gasteiger charge is 2.12. The maximum Gasteiger partial charge on any atom is 0.0695 e. The van der Waals surface area contributed by atoms with E-state index < -0.39 is 0 Å². The summed E-state index contributed by atoms with van der Waals surface area (Å²) in [5.41, 5.74) is 7.35. The average molecular weight is 391 g/mol. The van der Waals surface area contributed by atoms with Crippen molar-refractivity contribution in [1.82, 2.24) is 4.98 Å². The van der Waals surface area contributed by atoms with E-state index in [1.807, 2.05) is 42.6 Å². The van der Waals surface area contributed by atoms with Gasteiger partial charge < -0.3 is 10.3 Å². The van der Waals surface area contributed by atoms with E-state index in [0.717, 1.165) is 38.4 Å². The molecule has 0 saturated carbocycles. The third kappa shape index (κ3) is 3.36. The zero-order valence-corrected chi connectivity index (χ0v) is 16.7. The Morgan fingerprint density at radius 2 is 1.74 bits per heavy atom. The molecule has 0 atom stereocenters. The lowest BCUT2D eigenvalue weighted by atomic mass is 10.00. The minimum absolute atomic E-state index is 0.642. The fraction of sp³-hybridized carbons (Fsp3) is 0.0870. The van der Waals surface area contributed by atoms with Crippen molar-refractivity contribution in [3.63, 3.8) is 0 Å². The first kappa shape index (κ1) is 17.8. The fourth-order valence-electron chi connectivity index (χ4n) is 3.31. The van der Waals surface area contributed by atoms with Crippen molar-refractivity contribution in [2.75, 3.05) is 5.32 Å². The first-order valence-corrected chi connectivity index (χ1v) is 9.57. The summed E-state index contributed by atoms with van der Waals surface area (Å²) in [6.45, 7) is 4.17. The highest BCUT2D eigenvalue weighted by atomic mass is 35.5. The molecule has 0 saturated heterocycles. The van der Waals surface area contributed by atoms with Crippen molar-refractivity contribution in [3.8, 4) is 0 Å². The lowest BCUT2D eigenvalue weighted by Gasteiger charge is -2.13. The van der Waals surface area contributed by atoms with Crippen LogP contribution in [0.4, 0.5) is 11.4 Å². The van der Waals surface area contributed by atoms with Gasteiger partial charge in [0.05, 0.1) is 21.1 Å². The van der Waals surface area contributed by atoms with Crippen molar-refractivity contribution < 1.29 is 0 Å². The molecule has 0 aliphatic rings. The molecule has 2 nitrogen and oxygen atoms in total. The lowest BCUT2D eigenvalue weighted by molar-refractivity contribution is 1.44. The number of aromatic nitrogens is 1. The van der Waals surface area contributed by atoms with Crippen LogP contribution in [0.15, 0.2) is 66.9 Å². The predicted molar refractivity (Wildman–Crippen MR) is 120 cm³/mol. The fourth-order valence-corrected chi connectivity index (χ4v) is 4.05. The molecule has 4 rings (SSSR count). The normalized spacial score (nSPS) is 10.9. The van der Waals surface area contributed by atoms with Crippen LogP contribution in [0.25, 0.3) is 10.9 Å². The van der Waals surface area contributed by atoms with E-state index in [9.17, 15) is 0 Å². The first-order chi connectivity index (χ1) is 13.0. The smallest absolute Gasteiger partial charge is 0.0695 e. The molecule has 0 aliphatic heterocycles. The van der Waals surface area contributed by atoms with Gasteiger partial charge in [-0.3, -0.25) is 0 Å². The second kappa shape index (κ2) is 7.18. The van der Waals surface area contributed by atoms with E-state index in [4.69, 9.17) is 23.8 Å². The van der Waals surface area contributed by atoms with Gasteiger partial charge in [0, 0.05) is 22.8 Å². The Bertz CT molecular complexity index is 1160. The van der Waals surface area contributed by atoms with Crippen LogP contribution in [0.3, 0.4) is 0 Å². The molecule has 4 aromatic rings. The maximum atomic E-state index is 6.58. The van der Waals surface area contributed by atoms with Crippen molar-refractivity contribution in [1.29, 1.82) is 0 Å². The molecule has 0 spiro atoms. The molecule has 2 N–H and O–H groups in total. The van der Waals surface area contributed by atoms with Gasteiger partial charge in [-0.15, -0.1) is 0 Å². The van der Waals surface area contributed by atoms with Crippen molar-refractivity contribution >= 4 is 51.0 Å². The van der Waals surface area contributed by atoms with Crippen LogP contribution >= 0.6 is 23.8 Å². The molecule has 3 aromatic carbocycles. The summed E-state index contributed by atoms with van der Waals surface area (Å²) in [7, 11) is 0. The SMILES string of the molecule is Cc1ccccc1C(=S)c1ccc(Nc2ccc(C)c3cc[nH]c23)cc1Cl. The predicted octanol–water partition coefficient (Wildman–Crippen LogP) is 6.95. The molecule has 1 aromatic heterocycles. The second-order valence-electron chi connectivity index (χ2n) is 6.66. The number of rotatable bonds is 4. The summed E-state index contributed by atoms with van der Waals surface area (Å²) in [4.78, 5) is 4.08. The van der Waals surface area contributed by atoms with Gasteiger partial charge >= 0.3 is 0 Å². The number of aryl methyl sites for hydroxylation is 2. The van der Waals surface area contributed by atoms with Gasteiger partial charge in [-0.2, -0.15) is 0 Å². The number of hydrogen-bond donors (Lipinski definition) is 2. The summed E-state index contributed by atoms with van der Waals surface area (Å²) in [5, 5.41) is 5.31. The van der Waals surface area contributed by atoms with Gasteiger partial charge in [-0.25, -0.2) is 0 Å². The largest absolute Gasteiger partial charge is 0.359 e. The highest BCUT2D eigenvalue weighted by Crippen LogP contribution is 2.30. The van der Waals surface area contributed by atoms with Crippen molar-refractivity contribution in [2.45, 2.75) is 13.8 Å². The number of fused-ring (bicyclic) bond motifs is 1. The number of halogens is 1. The molecule has 1 heterocycles. The third-order valence-corrected chi connectivity index (χ3v) is 5.58. The molecule has 0 bridgehead atoms. The Morgan fingerprint density at radius 3 is 2.52 bits per heavy atom. The zero-order valence-electron chi connectivity index (χ0n) is 15.1. The van der Waals surface area contributed by atoms with E-state index in [1.54, 1.807) is 0 Å². The van der Waals surface area contributed by atoms with Gasteiger partial charge in [-0.05, 0) is 60.9 Å². The Balaban J connectivity index is 1.66. The van der Waals surface area contributed by atoms with Gasteiger partial charge in [0.15, 0.2) is 0 Å². The van der Waals surface area contributed by atoms with Crippen LogP contribution in [0, 0.1) is 13.8 Å². The number of aromatic amines is 1. The third-order valence-electron chi connectivity index (χ3n) is 4.82. The Labute approximate surface area is 169 Å². The Morgan fingerprint density at radius 1 is 0.926 bits per heavy atom. The Kier molecular flexibility index (Phi) is 4.73. The molecular formula is C23H19ClN2S. The Hall–Kier alpha value is -2.62. The van der Waals surface area contributed by atoms with Crippen LogP contribution in [-0.4, -0.2) is 9.85 Å². The molecule has 27 heavy (non-hydrogen) atoms. The van der Waals surface area contributed by atoms with E-state index in [-0.39, 0.29) is 0 Å². The van der Waals surface area contributed by atoms with Crippen molar-refractivity contribution in [2.24, 2.45) is 0 Å². The molecule has 0 aliphatic carbocycles. The van der Waals surface area contributed by atoms with Crippen LogP contribution in [0.5, 0.6) is 0 Å². The van der Waals surface area contributed by atoms with Crippen LogP contribution in [-0.2, 0) is 0 Å². The van der Waals surface area contributed by atoms with Crippen LogP contribution < -0.4 is 5.32 Å². The van der Waals surface area contributed by atoms with Crippen molar-refractivity contribution in [3.05, 3.63) is 94.1 Å². The minimum atomic E-state index is 0.642. The summed E-state index contributed by atoms with van der Waals surface area (Å²) in [6, 6.07) is 20.3. The monoisotopic (exact) mass is 390 g/mol. The van der Waals surface area contributed by atoms with Gasteiger partial charge in [-0.1, -0.05) is 54.2 Å². The summed E-state index contributed by atoms with van der Waals surface area (Å²) in [6.07, 6.45) is 1.96. The molecule has 0 unspecified atom stereocenters. The standard InChI is InChI=1S/C23H19ClN2S/c1-14-5-3-4-6-18(14)23(27)19-9-8-16(13-20(19)24)26-21-10-7-15(2)17-11-12-25-22(17)21/h3-13,25-26H,1-2H3. The summed E-state index contributed by atoms with van der Waals surface area (Å²) >= 11 is 12.3. The first-order valence-electron chi connectivity index (χ1n) is 8.78. The number of nitrogens with one attached hydrogen (secondary N) is 2. The molecular weight excluding hydrogens is 372 g/mol.